The van der Waals surface area contributed by atoms with Crippen LogP contribution in [0, 0.1) is 0 Å². The van der Waals surface area contributed by atoms with Gasteiger partial charge in [0, 0.05) is 6.54 Å². The Balaban J connectivity index is 1.77. The van der Waals surface area contributed by atoms with Crippen LogP contribution in [0.5, 0.6) is 0 Å². The second kappa shape index (κ2) is 15.5. The minimum atomic E-state index is 0.356. The van der Waals surface area contributed by atoms with E-state index in [0.717, 1.165) is 13.1 Å². The van der Waals surface area contributed by atoms with Crippen LogP contribution in [-0.2, 0) is 0 Å². The van der Waals surface area contributed by atoms with Gasteiger partial charge in [-0.05, 0) is 26.0 Å². The van der Waals surface area contributed by atoms with Gasteiger partial charge < -0.3 is 10.2 Å². The van der Waals surface area contributed by atoms with Crippen LogP contribution in [0.2, 0.25) is 0 Å². The maximum Gasteiger partial charge on any atom is 0.0965 e. The molecule has 1 aliphatic rings. The topological polar surface area (TPSA) is 27.6 Å². The fourth-order valence-corrected chi connectivity index (χ4v) is 3.18. The largest absolute Gasteiger partial charge is 0.372 e. The fraction of sp³-hybridized carbons (Fsp3) is 0.857. The molecule has 3 nitrogen and oxygen atoms in total. The van der Waals surface area contributed by atoms with Crippen molar-refractivity contribution in [2.24, 2.45) is 4.99 Å². The molecule has 0 aliphatic carbocycles. The first-order valence-electron chi connectivity index (χ1n) is 10.5. The van der Waals surface area contributed by atoms with Crippen molar-refractivity contribution in [3.63, 3.8) is 0 Å². The standard InChI is InChI=1S/C21H41N3/c1-3-4-5-6-7-8-9-10-11-12-13-14-15-16-17-23-21(2)24-19-18-22-20-24/h16-17,20-21,23H,3-15,18-19H2,1-2H3. The zero-order valence-electron chi connectivity index (χ0n) is 16.3. The lowest BCUT2D eigenvalue weighted by Gasteiger charge is -2.22. The Labute approximate surface area is 151 Å². The van der Waals surface area contributed by atoms with Gasteiger partial charge in [0.05, 0.1) is 19.0 Å². The third-order valence-electron chi connectivity index (χ3n) is 4.89. The van der Waals surface area contributed by atoms with E-state index in [9.17, 15) is 0 Å². The quantitative estimate of drug-likeness (QED) is 0.357. The highest BCUT2D eigenvalue weighted by Gasteiger charge is 2.10. The van der Waals surface area contributed by atoms with Crippen molar-refractivity contribution in [3.05, 3.63) is 12.3 Å². The van der Waals surface area contributed by atoms with Crippen molar-refractivity contribution in [2.45, 2.75) is 103 Å². The number of hydrogen-bond donors (Lipinski definition) is 1. The molecule has 0 aromatic heterocycles. The molecule has 1 rings (SSSR count). The maximum absolute atomic E-state index is 4.24. The Morgan fingerprint density at radius 3 is 2.08 bits per heavy atom. The van der Waals surface area contributed by atoms with E-state index >= 15 is 0 Å². The van der Waals surface area contributed by atoms with E-state index in [4.69, 9.17) is 0 Å². The van der Waals surface area contributed by atoms with Crippen LogP contribution in [0.3, 0.4) is 0 Å². The van der Waals surface area contributed by atoms with E-state index in [0.29, 0.717) is 6.17 Å². The van der Waals surface area contributed by atoms with Crippen LogP contribution in [0.15, 0.2) is 17.3 Å². The molecule has 1 atom stereocenters. The molecule has 0 radical (unpaired) electrons. The summed E-state index contributed by atoms with van der Waals surface area (Å²) in [6.45, 7) is 6.46. The van der Waals surface area contributed by atoms with Crippen LogP contribution in [-0.4, -0.2) is 30.5 Å². The van der Waals surface area contributed by atoms with Crippen molar-refractivity contribution in [1.82, 2.24) is 10.2 Å². The number of allylic oxidation sites excluding steroid dienone is 1. The van der Waals surface area contributed by atoms with Gasteiger partial charge in [0.15, 0.2) is 0 Å². The highest BCUT2D eigenvalue weighted by molar-refractivity contribution is 5.57. The number of rotatable bonds is 16. The third-order valence-corrected chi connectivity index (χ3v) is 4.89. The first kappa shape index (κ1) is 21.1. The summed E-state index contributed by atoms with van der Waals surface area (Å²) < 4.78 is 0. The molecule has 1 heterocycles. The molecule has 24 heavy (non-hydrogen) atoms. The fourth-order valence-electron chi connectivity index (χ4n) is 3.18. The molecular weight excluding hydrogens is 294 g/mol. The lowest BCUT2D eigenvalue weighted by molar-refractivity contribution is 0.337. The number of nitrogens with one attached hydrogen (secondary N) is 1. The monoisotopic (exact) mass is 335 g/mol. The van der Waals surface area contributed by atoms with E-state index in [1.54, 1.807) is 0 Å². The average molecular weight is 336 g/mol. The second-order valence-corrected chi connectivity index (χ2v) is 7.18. The molecular formula is C21H41N3. The molecule has 3 heteroatoms. The van der Waals surface area contributed by atoms with Crippen LogP contribution < -0.4 is 5.32 Å². The molecule has 0 saturated carbocycles. The predicted octanol–water partition coefficient (Wildman–Crippen LogP) is 5.87. The van der Waals surface area contributed by atoms with Crippen LogP contribution in [0.4, 0.5) is 0 Å². The molecule has 1 aliphatic heterocycles. The molecule has 0 spiro atoms. The number of unbranched alkanes of at least 4 members (excludes halogenated alkanes) is 12. The Kier molecular flexibility index (Phi) is 13.6. The van der Waals surface area contributed by atoms with Gasteiger partial charge in [0.1, 0.15) is 0 Å². The van der Waals surface area contributed by atoms with Gasteiger partial charge in [-0.2, -0.15) is 0 Å². The first-order valence-corrected chi connectivity index (χ1v) is 10.5. The highest BCUT2D eigenvalue weighted by Crippen LogP contribution is 2.12. The Morgan fingerprint density at radius 2 is 1.54 bits per heavy atom. The van der Waals surface area contributed by atoms with E-state index in [1.165, 1.54) is 83.5 Å². The number of aliphatic imine (C=N–C) groups is 1. The smallest absolute Gasteiger partial charge is 0.0965 e. The van der Waals surface area contributed by atoms with Crippen LogP contribution >= 0.6 is 0 Å². The van der Waals surface area contributed by atoms with E-state index in [2.05, 4.69) is 41.3 Å². The zero-order valence-corrected chi connectivity index (χ0v) is 16.3. The van der Waals surface area contributed by atoms with Gasteiger partial charge in [-0.1, -0.05) is 83.6 Å². The third kappa shape index (κ3) is 11.5. The molecule has 1 unspecified atom stereocenters. The normalized spacial score (nSPS) is 15.5. The highest BCUT2D eigenvalue weighted by atomic mass is 15.3. The van der Waals surface area contributed by atoms with Crippen molar-refractivity contribution >= 4 is 6.34 Å². The predicted molar refractivity (Wildman–Crippen MR) is 107 cm³/mol. The summed E-state index contributed by atoms with van der Waals surface area (Å²) >= 11 is 0. The molecule has 0 bridgehead atoms. The molecule has 1 N–H and O–H groups in total. The molecule has 0 fully saturated rings. The van der Waals surface area contributed by atoms with Crippen molar-refractivity contribution < 1.29 is 0 Å². The molecule has 0 amide bonds. The van der Waals surface area contributed by atoms with Gasteiger partial charge in [0.25, 0.3) is 0 Å². The van der Waals surface area contributed by atoms with Gasteiger partial charge in [-0.25, -0.2) is 0 Å². The van der Waals surface area contributed by atoms with Crippen molar-refractivity contribution in [3.8, 4) is 0 Å². The lowest BCUT2D eigenvalue weighted by Crippen LogP contribution is -2.39. The molecule has 140 valence electrons. The van der Waals surface area contributed by atoms with Gasteiger partial charge >= 0.3 is 0 Å². The van der Waals surface area contributed by atoms with E-state index in [1.807, 2.05) is 6.34 Å². The summed E-state index contributed by atoms with van der Waals surface area (Å²) in [5.74, 6) is 0. The Morgan fingerprint density at radius 1 is 0.958 bits per heavy atom. The number of hydrogen-bond acceptors (Lipinski definition) is 3. The SMILES string of the molecule is CCCCCCCCCCCCCCC=CNC(C)N1C=NCC1. The minimum absolute atomic E-state index is 0.356. The summed E-state index contributed by atoms with van der Waals surface area (Å²) in [4.78, 5) is 6.49. The maximum atomic E-state index is 4.24. The molecule has 0 aromatic carbocycles. The van der Waals surface area contributed by atoms with Gasteiger partial charge in [-0.15, -0.1) is 0 Å². The summed E-state index contributed by atoms with van der Waals surface area (Å²) in [5.41, 5.74) is 0. The van der Waals surface area contributed by atoms with Crippen LogP contribution in [0.1, 0.15) is 97.3 Å². The first-order chi connectivity index (χ1) is 11.8. The lowest BCUT2D eigenvalue weighted by atomic mass is 10.0. The molecule has 0 saturated heterocycles. The van der Waals surface area contributed by atoms with Crippen LogP contribution in [0.25, 0.3) is 0 Å². The van der Waals surface area contributed by atoms with Crippen molar-refractivity contribution in [2.75, 3.05) is 13.1 Å². The van der Waals surface area contributed by atoms with Gasteiger partial charge in [-0.3, -0.25) is 4.99 Å². The summed E-state index contributed by atoms with van der Waals surface area (Å²) in [6.07, 6.45) is 25.0. The van der Waals surface area contributed by atoms with Crippen molar-refractivity contribution in [1.29, 1.82) is 0 Å². The summed E-state index contributed by atoms with van der Waals surface area (Å²) in [7, 11) is 0. The average Bonchev–Trinajstić information content (AvgIpc) is 3.13. The Bertz CT molecular complexity index is 325. The minimum Gasteiger partial charge on any atom is -0.372 e. The van der Waals surface area contributed by atoms with E-state index in [-0.39, 0.29) is 0 Å². The summed E-state index contributed by atoms with van der Waals surface area (Å²) in [5, 5.41) is 3.42. The number of nitrogens with zero attached hydrogens (tertiary/aromatic N) is 2. The van der Waals surface area contributed by atoms with Gasteiger partial charge in [0.2, 0.25) is 0 Å². The molecule has 0 aromatic rings. The summed E-state index contributed by atoms with van der Waals surface area (Å²) in [6, 6.07) is 0. The Hall–Kier alpha value is -0.990. The zero-order chi connectivity index (χ0) is 17.3. The van der Waals surface area contributed by atoms with E-state index < -0.39 is 0 Å². The second-order valence-electron chi connectivity index (χ2n) is 7.18.